The molecule has 1 aliphatic carbocycles. The van der Waals surface area contributed by atoms with Gasteiger partial charge in [0.15, 0.2) is 0 Å². The Hall–Kier alpha value is -3.74. The summed E-state index contributed by atoms with van der Waals surface area (Å²) in [6, 6.07) is 20.4. The second-order valence-corrected chi connectivity index (χ2v) is 8.17. The summed E-state index contributed by atoms with van der Waals surface area (Å²) in [6.45, 7) is 0. The number of pyridine rings is 1. The van der Waals surface area contributed by atoms with Gasteiger partial charge in [0.1, 0.15) is 17.7 Å². The van der Waals surface area contributed by atoms with Crippen LogP contribution in [0, 0.1) is 5.92 Å². The van der Waals surface area contributed by atoms with Gasteiger partial charge in [-0.25, -0.2) is 4.98 Å². The topological polar surface area (TPSA) is 80.7 Å². The van der Waals surface area contributed by atoms with Gasteiger partial charge in [0.2, 0.25) is 5.70 Å². The third-order valence-corrected chi connectivity index (χ3v) is 6.18. The quantitative estimate of drug-likeness (QED) is 0.525. The number of ketones is 1. The van der Waals surface area contributed by atoms with Crippen molar-refractivity contribution in [3.63, 3.8) is 0 Å². The molecule has 31 heavy (non-hydrogen) atoms. The molecule has 2 N–H and O–H groups in total. The number of hydrogen-bond donors (Lipinski definition) is 1. The van der Waals surface area contributed by atoms with Crippen molar-refractivity contribution >= 4 is 28.7 Å². The average Bonchev–Trinajstić information content (AvgIpc) is 3.09. The molecule has 0 saturated heterocycles. The zero-order valence-electron chi connectivity index (χ0n) is 16.8. The predicted octanol–water partition coefficient (Wildman–Crippen LogP) is 4.10. The van der Waals surface area contributed by atoms with E-state index >= 15 is 0 Å². The van der Waals surface area contributed by atoms with Crippen molar-refractivity contribution in [3.05, 3.63) is 90.0 Å². The van der Waals surface area contributed by atoms with Gasteiger partial charge in [0.25, 0.3) is 5.84 Å². The third kappa shape index (κ3) is 2.80. The van der Waals surface area contributed by atoms with Crippen LogP contribution in [0.4, 0.5) is 0 Å². The number of aromatic nitrogens is 1. The highest BCUT2D eigenvalue weighted by atomic mass is 16.1. The lowest BCUT2D eigenvalue weighted by atomic mass is 9.81. The van der Waals surface area contributed by atoms with Crippen molar-refractivity contribution in [3.8, 4) is 11.3 Å². The van der Waals surface area contributed by atoms with Crippen LogP contribution in [0.1, 0.15) is 18.4 Å². The number of Topliss-reactive ketones (excluding diaryl/α,β-unsaturated/α-hetero) is 1. The van der Waals surface area contributed by atoms with Crippen LogP contribution in [0.15, 0.2) is 94.4 Å². The van der Waals surface area contributed by atoms with Gasteiger partial charge in [-0.3, -0.25) is 9.79 Å². The Kier molecular flexibility index (Phi) is 3.86. The van der Waals surface area contributed by atoms with Gasteiger partial charge in [-0.05, 0) is 18.2 Å². The first-order valence-corrected chi connectivity index (χ1v) is 10.3. The van der Waals surface area contributed by atoms with Crippen LogP contribution in [-0.2, 0) is 4.79 Å². The number of quaternary nitrogens is 1. The summed E-state index contributed by atoms with van der Waals surface area (Å²) < 4.78 is -0.0343. The summed E-state index contributed by atoms with van der Waals surface area (Å²) in [4.78, 5) is 25.7. The Morgan fingerprint density at radius 1 is 0.968 bits per heavy atom. The van der Waals surface area contributed by atoms with Gasteiger partial charge >= 0.3 is 0 Å². The van der Waals surface area contributed by atoms with Crippen LogP contribution in [0.3, 0.4) is 0 Å². The van der Waals surface area contributed by atoms with Gasteiger partial charge in [0, 0.05) is 29.7 Å². The average molecular weight is 406 g/mol. The Morgan fingerprint density at radius 3 is 2.58 bits per heavy atom. The lowest BCUT2D eigenvalue weighted by molar-refractivity contribution is -0.750. The number of carbonyl (C=O) groups excluding carboxylic acids is 1. The lowest BCUT2D eigenvalue weighted by Gasteiger charge is -2.28. The standard InChI is InChI=1S/C25H20N5O/c26-30-11-10-27-15-23(30)24(19-12-20(31)13-19)29-25(30)18-7-6-17-8-9-21(28-22(17)14-18)16-4-2-1-3-5-16/h1-11,14-15,19H,12-13,26H2/q+1. The molecule has 6 nitrogen and oxygen atoms in total. The van der Waals surface area contributed by atoms with Crippen LogP contribution >= 0.6 is 0 Å². The molecule has 1 fully saturated rings. The number of amidine groups is 1. The van der Waals surface area contributed by atoms with Gasteiger partial charge in [0.05, 0.1) is 29.2 Å². The number of aliphatic imine (C=N–C) groups is 2. The molecule has 2 aliphatic heterocycles. The fourth-order valence-electron chi connectivity index (χ4n) is 4.42. The normalized spacial score (nSPS) is 22.6. The van der Waals surface area contributed by atoms with Gasteiger partial charge in [-0.2, -0.15) is 10.8 Å². The maximum Gasteiger partial charge on any atom is 0.264 e. The first-order chi connectivity index (χ1) is 15.1. The molecule has 2 aromatic carbocycles. The molecule has 6 heteroatoms. The Labute approximate surface area is 179 Å². The van der Waals surface area contributed by atoms with Crippen LogP contribution < -0.4 is 5.84 Å². The van der Waals surface area contributed by atoms with E-state index < -0.39 is 0 Å². The molecule has 1 saturated carbocycles. The second-order valence-electron chi connectivity index (χ2n) is 8.17. The first-order valence-electron chi connectivity index (χ1n) is 10.3. The lowest BCUT2D eigenvalue weighted by Crippen LogP contribution is -2.53. The molecule has 0 radical (unpaired) electrons. The smallest absolute Gasteiger partial charge is 0.264 e. The third-order valence-electron chi connectivity index (χ3n) is 6.18. The highest BCUT2D eigenvalue weighted by Gasteiger charge is 2.47. The number of hydrogen-bond acceptors (Lipinski definition) is 5. The molecule has 0 spiro atoms. The number of allylic oxidation sites excluding steroid dienone is 2. The number of nitrogens with zero attached hydrogens (tertiary/aromatic N) is 4. The molecule has 1 atom stereocenters. The molecule has 6 rings (SSSR count). The number of rotatable bonds is 3. The van der Waals surface area contributed by atoms with E-state index in [4.69, 9.17) is 15.8 Å². The first kappa shape index (κ1) is 18.1. The van der Waals surface area contributed by atoms with E-state index in [2.05, 4.69) is 23.2 Å². The summed E-state index contributed by atoms with van der Waals surface area (Å²) in [7, 11) is 0. The van der Waals surface area contributed by atoms with Crippen molar-refractivity contribution < 1.29 is 9.39 Å². The van der Waals surface area contributed by atoms with Crippen LogP contribution in [0.25, 0.3) is 22.2 Å². The largest absolute Gasteiger partial charge is 0.300 e. The maximum atomic E-state index is 11.6. The maximum absolute atomic E-state index is 11.6. The van der Waals surface area contributed by atoms with Crippen molar-refractivity contribution in [2.45, 2.75) is 12.8 Å². The zero-order valence-corrected chi connectivity index (χ0v) is 16.8. The van der Waals surface area contributed by atoms with E-state index in [1.807, 2.05) is 48.7 Å². The van der Waals surface area contributed by atoms with E-state index in [1.165, 1.54) is 0 Å². The molecule has 3 aromatic rings. The van der Waals surface area contributed by atoms with Gasteiger partial charge in [-0.15, -0.1) is 4.59 Å². The van der Waals surface area contributed by atoms with Crippen LogP contribution in [0.5, 0.6) is 0 Å². The van der Waals surface area contributed by atoms with E-state index in [0.29, 0.717) is 12.8 Å². The highest BCUT2D eigenvalue weighted by Crippen LogP contribution is 2.40. The number of benzene rings is 2. The van der Waals surface area contributed by atoms with E-state index in [9.17, 15) is 4.79 Å². The number of nitrogens with two attached hydrogens (primary N) is 1. The van der Waals surface area contributed by atoms with Gasteiger partial charge < -0.3 is 0 Å². The van der Waals surface area contributed by atoms with E-state index in [0.717, 1.165) is 45.0 Å². The number of fused-ring (bicyclic) bond motifs is 2. The SMILES string of the molecule is N[N+]12C=CN=CC1=C(C1CC(=O)C1)N=C2c1ccc2ccc(-c3ccccc3)nc2c1. The summed E-state index contributed by atoms with van der Waals surface area (Å²) in [5.41, 5.74) is 5.50. The molecule has 1 unspecified atom stereocenters. The monoisotopic (exact) mass is 406 g/mol. The molecule has 0 amide bonds. The van der Waals surface area contributed by atoms with Crippen LogP contribution in [0.2, 0.25) is 0 Å². The summed E-state index contributed by atoms with van der Waals surface area (Å²) in [6.07, 6.45) is 6.33. The van der Waals surface area contributed by atoms with Crippen molar-refractivity contribution in [1.82, 2.24) is 4.98 Å². The molecule has 150 valence electrons. The van der Waals surface area contributed by atoms with E-state index in [1.54, 1.807) is 12.4 Å². The van der Waals surface area contributed by atoms with E-state index in [-0.39, 0.29) is 16.3 Å². The summed E-state index contributed by atoms with van der Waals surface area (Å²) in [5.74, 6) is 7.92. The minimum atomic E-state index is -0.0343. The molecular weight excluding hydrogens is 386 g/mol. The fraction of sp³-hybridized carbons (Fsp3) is 0.120. The van der Waals surface area contributed by atoms with Crippen molar-refractivity contribution in [2.75, 3.05) is 0 Å². The zero-order chi connectivity index (χ0) is 21.0. The fourth-order valence-corrected chi connectivity index (χ4v) is 4.42. The minimum absolute atomic E-state index is 0.0343. The molecular formula is C25H20N5O+. The van der Waals surface area contributed by atoms with Crippen molar-refractivity contribution in [1.29, 1.82) is 0 Å². The van der Waals surface area contributed by atoms with Crippen LogP contribution in [-0.4, -0.2) is 27.4 Å². The second kappa shape index (κ2) is 6.63. The Balaban J connectivity index is 1.45. The molecule has 3 aliphatic rings. The molecule has 0 bridgehead atoms. The molecule has 1 aromatic heterocycles. The van der Waals surface area contributed by atoms with Gasteiger partial charge in [-0.1, -0.05) is 42.5 Å². The molecule has 3 heterocycles. The minimum Gasteiger partial charge on any atom is -0.300 e. The highest BCUT2D eigenvalue weighted by molar-refractivity contribution is 6.03. The predicted molar refractivity (Wildman–Crippen MR) is 121 cm³/mol. The number of carbonyl (C=O) groups is 1. The Bertz CT molecular complexity index is 1360. The summed E-state index contributed by atoms with van der Waals surface area (Å²) in [5, 5.41) is 1.05. The summed E-state index contributed by atoms with van der Waals surface area (Å²) >= 11 is 0. The van der Waals surface area contributed by atoms with Crippen molar-refractivity contribution in [2.24, 2.45) is 21.7 Å². The Morgan fingerprint density at radius 2 is 1.77 bits per heavy atom.